The van der Waals surface area contributed by atoms with Crippen LogP contribution in [0.1, 0.15) is 53.4 Å². The van der Waals surface area contributed by atoms with Crippen LogP contribution in [0.3, 0.4) is 0 Å². The minimum Gasteiger partial charge on any atom is -0.303 e. The maximum Gasteiger partial charge on any atom is 0.123 e. The van der Waals surface area contributed by atoms with E-state index in [2.05, 4.69) is 27.7 Å². The molecule has 1 fully saturated rings. The Labute approximate surface area is 82.9 Å². The summed E-state index contributed by atoms with van der Waals surface area (Å²) in [5.74, 6) is 2.00. The lowest BCUT2D eigenvalue weighted by Crippen LogP contribution is -2.13. The van der Waals surface area contributed by atoms with Crippen LogP contribution in [0.4, 0.5) is 0 Å². The third-order valence-electron chi connectivity index (χ3n) is 2.17. The van der Waals surface area contributed by atoms with E-state index in [0.29, 0.717) is 5.92 Å². The zero-order chi connectivity index (χ0) is 10.3. The number of hydrogen-bond acceptors (Lipinski definition) is 1. The third-order valence-corrected chi connectivity index (χ3v) is 2.17. The topological polar surface area (TPSA) is 17.1 Å². The van der Waals surface area contributed by atoms with Crippen molar-refractivity contribution in [3.05, 3.63) is 0 Å². The molecule has 2 unspecified atom stereocenters. The molecule has 1 aliphatic rings. The fourth-order valence-electron chi connectivity index (χ4n) is 1.60. The van der Waals surface area contributed by atoms with Gasteiger partial charge in [0.05, 0.1) is 0 Å². The summed E-state index contributed by atoms with van der Waals surface area (Å²) < 4.78 is 0. The van der Waals surface area contributed by atoms with E-state index >= 15 is 0 Å². The number of carbonyl (C=O) groups excluding carboxylic acids is 1. The van der Waals surface area contributed by atoms with Crippen molar-refractivity contribution in [3.8, 4) is 0 Å². The van der Waals surface area contributed by atoms with Gasteiger partial charge in [0.1, 0.15) is 6.29 Å². The average molecular weight is 184 g/mol. The second kappa shape index (κ2) is 7.11. The number of aldehydes is 1. The Morgan fingerprint density at radius 3 is 2.08 bits per heavy atom. The van der Waals surface area contributed by atoms with E-state index in [0.717, 1.165) is 31.0 Å². The molecule has 0 aromatic carbocycles. The first kappa shape index (κ1) is 12.7. The van der Waals surface area contributed by atoms with E-state index in [1.54, 1.807) is 0 Å². The van der Waals surface area contributed by atoms with Crippen molar-refractivity contribution in [2.45, 2.75) is 53.4 Å². The van der Waals surface area contributed by atoms with Gasteiger partial charge in [-0.1, -0.05) is 40.5 Å². The Morgan fingerprint density at radius 2 is 1.77 bits per heavy atom. The molecule has 0 bridgehead atoms. The predicted octanol–water partition coefficient (Wildman–Crippen LogP) is 3.67. The second-order valence-corrected chi connectivity index (χ2v) is 4.90. The molecule has 0 spiro atoms. The van der Waals surface area contributed by atoms with Gasteiger partial charge in [-0.2, -0.15) is 0 Å². The first-order valence-corrected chi connectivity index (χ1v) is 5.51. The van der Waals surface area contributed by atoms with Crippen LogP contribution >= 0.6 is 0 Å². The van der Waals surface area contributed by atoms with Gasteiger partial charge in [0.15, 0.2) is 0 Å². The van der Waals surface area contributed by atoms with Gasteiger partial charge in [-0.15, -0.1) is 0 Å². The molecule has 78 valence electrons. The van der Waals surface area contributed by atoms with Crippen LogP contribution in [-0.4, -0.2) is 6.29 Å². The molecule has 1 nitrogen and oxygen atoms in total. The lowest BCUT2D eigenvalue weighted by molar-refractivity contribution is -0.112. The number of rotatable bonds is 1. The summed E-state index contributed by atoms with van der Waals surface area (Å²) in [5.41, 5.74) is 0. The highest BCUT2D eigenvalue weighted by molar-refractivity contribution is 5.53. The molecular weight excluding hydrogens is 160 g/mol. The fraction of sp³-hybridized carbons (Fsp3) is 0.917. The zero-order valence-corrected chi connectivity index (χ0v) is 9.55. The molecule has 0 aromatic rings. The van der Waals surface area contributed by atoms with E-state index < -0.39 is 0 Å². The van der Waals surface area contributed by atoms with Crippen LogP contribution in [0.25, 0.3) is 0 Å². The van der Waals surface area contributed by atoms with Crippen molar-refractivity contribution in [3.63, 3.8) is 0 Å². The molecule has 0 radical (unpaired) electrons. The van der Waals surface area contributed by atoms with E-state index in [4.69, 9.17) is 0 Å². The lowest BCUT2D eigenvalue weighted by atomic mass is 9.83. The van der Waals surface area contributed by atoms with Crippen LogP contribution in [-0.2, 0) is 4.79 Å². The summed E-state index contributed by atoms with van der Waals surface area (Å²) >= 11 is 0. The lowest BCUT2D eigenvalue weighted by Gasteiger charge is -2.21. The average Bonchev–Trinajstić information content (AvgIpc) is 2.03. The molecule has 13 heavy (non-hydrogen) atoms. The van der Waals surface area contributed by atoms with Gasteiger partial charge in [-0.3, -0.25) is 0 Å². The van der Waals surface area contributed by atoms with Crippen LogP contribution in [0.5, 0.6) is 0 Å². The maximum atomic E-state index is 10.3. The third kappa shape index (κ3) is 8.01. The van der Waals surface area contributed by atoms with Crippen LogP contribution in [0.2, 0.25) is 0 Å². The van der Waals surface area contributed by atoms with E-state index in [9.17, 15) is 4.79 Å². The molecule has 0 aliphatic heterocycles. The highest BCUT2D eigenvalue weighted by Crippen LogP contribution is 2.26. The van der Waals surface area contributed by atoms with Crippen molar-refractivity contribution in [2.24, 2.45) is 17.8 Å². The molecular formula is C12H24O. The molecule has 0 saturated heterocycles. The fourth-order valence-corrected chi connectivity index (χ4v) is 1.60. The summed E-state index contributed by atoms with van der Waals surface area (Å²) in [6.45, 7) is 8.73. The summed E-state index contributed by atoms with van der Waals surface area (Å²) in [6, 6.07) is 0. The van der Waals surface area contributed by atoms with Gasteiger partial charge < -0.3 is 4.79 Å². The Balaban J connectivity index is 0.000000310. The normalized spacial score (nSPS) is 27.8. The summed E-state index contributed by atoms with van der Waals surface area (Å²) in [4.78, 5) is 10.3. The van der Waals surface area contributed by atoms with Gasteiger partial charge in [-0.25, -0.2) is 0 Å². The Bertz CT molecular complexity index is 126. The predicted molar refractivity (Wildman–Crippen MR) is 57.7 cm³/mol. The summed E-state index contributed by atoms with van der Waals surface area (Å²) in [6.07, 6.45) is 5.96. The van der Waals surface area contributed by atoms with E-state index in [1.165, 1.54) is 12.8 Å². The van der Waals surface area contributed by atoms with Crippen molar-refractivity contribution in [2.75, 3.05) is 0 Å². The van der Waals surface area contributed by atoms with Crippen LogP contribution < -0.4 is 0 Å². The van der Waals surface area contributed by atoms with Crippen molar-refractivity contribution >= 4 is 6.29 Å². The first-order valence-electron chi connectivity index (χ1n) is 5.51. The van der Waals surface area contributed by atoms with Crippen molar-refractivity contribution < 1.29 is 4.79 Å². The van der Waals surface area contributed by atoms with Gasteiger partial charge in [0, 0.05) is 5.92 Å². The van der Waals surface area contributed by atoms with Crippen molar-refractivity contribution in [1.82, 2.24) is 0 Å². The largest absolute Gasteiger partial charge is 0.303 e. The molecule has 1 aliphatic carbocycles. The van der Waals surface area contributed by atoms with Crippen molar-refractivity contribution in [1.29, 1.82) is 0 Å². The smallest absolute Gasteiger partial charge is 0.123 e. The quantitative estimate of drug-likeness (QED) is 0.568. The Morgan fingerprint density at radius 1 is 1.23 bits per heavy atom. The first-order chi connectivity index (χ1) is 6.06. The monoisotopic (exact) mass is 184 g/mol. The van der Waals surface area contributed by atoms with E-state index in [1.807, 2.05) is 0 Å². The Hall–Kier alpha value is -0.330. The minimum absolute atomic E-state index is 0.383. The highest BCUT2D eigenvalue weighted by atomic mass is 16.1. The highest BCUT2D eigenvalue weighted by Gasteiger charge is 2.17. The molecule has 2 atom stereocenters. The summed E-state index contributed by atoms with van der Waals surface area (Å²) in [5, 5.41) is 0. The Kier molecular flexibility index (Phi) is 6.93. The molecule has 1 saturated carbocycles. The SMILES string of the molecule is CC(C)C.CC1CCCC(C=O)C1. The maximum absolute atomic E-state index is 10.3. The molecule has 0 heterocycles. The molecule has 1 rings (SSSR count). The van der Waals surface area contributed by atoms with Gasteiger partial charge in [-0.05, 0) is 24.7 Å². The van der Waals surface area contributed by atoms with Gasteiger partial charge in [0.2, 0.25) is 0 Å². The van der Waals surface area contributed by atoms with E-state index in [-0.39, 0.29) is 0 Å². The van der Waals surface area contributed by atoms with Crippen LogP contribution in [0.15, 0.2) is 0 Å². The molecule has 1 heteroatoms. The summed E-state index contributed by atoms with van der Waals surface area (Å²) in [7, 11) is 0. The standard InChI is InChI=1S/C8H14O.C4H10/c1-7-3-2-4-8(5-7)6-9;1-4(2)3/h6-8H,2-5H2,1H3;4H,1-3H3. The zero-order valence-electron chi connectivity index (χ0n) is 9.55. The molecule has 0 N–H and O–H groups in total. The second-order valence-electron chi connectivity index (χ2n) is 4.90. The minimum atomic E-state index is 0.383. The molecule has 0 aromatic heterocycles. The van der Waals surface area contributed by atoms with Crippen LogP contribution in [0, 0.1) is 17.8 Å². The van der Waals surface area contributed by atoms with Gasteiger partial charge in [0.25, 0.3) is 0 Å². The molecule has 0 amide bonds. The van der Waals surface area contributed by atoms with Gasteiger partial charge >= 0.3 is 0 Å². The number of hydrogen-bond donors (Lipinski definition) is 0. The number of carbonyl (C=O) groups is 1.